The molecule has 0 aliphatic heterocycles. The number of hydrogen-bond acceptors (Lipinski definition) is 7. The third-order valence-electron chi connectivity index (χ3n) is 3.81. The lowest BCUT2D eigenvalue weighted by Gasteiger charge is -2.02. The van der Waals surface area contributed by atoms with E-state index in [-0.39, 0.29) is 18.0 Å². The predicted molar refractivity (Wildman–Crippen MR) is 100 cm³/mol. The van der Waals surface area contributed by atoms with Crippen LogP contribution in [0.25, 0.3) is 11.3 Å². The molecule has 0 aliphatic carbocycles. The molecule has 0 aliphatic rings. The molecule has 0 fully saturated rings. The van der Waals surface area contributed by atoms with E-state index < -0.39 is 10.8 Å². The number of nitro benzene ring substituents is 1. The summed E-state index contributed by atoms with van der Waals surface area (Å²) >= 11 is 1.21. The van der Waals surface area contributed by atoms with E-state index in [9.17, 15) is 19.7 Å². The lowest BCUT2D eigenvalue weighted by Crippen LogP contribution is -2.17. The van der Waals surface area contributed by atoms with Gasteiger partial charge >= 0.3 is 0 Å². The topological polar surface area (TPSA) is 134 Å². The first-order valence-electron chi connectivity index (χ1n) is 8.43. The molecule has 2 aromatic rings. The molecule has 144 valence electrons. The second-order valence-corrected chi connectivity index (χ2v) is 6.67. The van der Waals surface area contributed by atoms with Crippen LogP contribution in [0.5, 0.6) is 0 Å². The Kier molecular flexibility index (Phi) is 7.83. The smallest absolute Gasteiger partial charge is 0.278 e. The van der Waals surface area contributed by atoms with Crippen molar-refractivity contribution in [1.82, 2.24) is 10.5 Å². The fourth-order valence-corrected chi connectivity index (χ4v) is 3.19. The minimum Gasteiger partial charge on any atom is -0.302 e. The molecular formula is C17H20N4O5S. The van der Waals surface area contributed by atoms with Gasteiger partial charge in [0.15, 0.2) is 5.13 Å². The molecule has 0 spiro atoms. The van der Waals surface area contributed by atoms with Gasteiger partial charge in [0.05, 0.1) is 16.2 Å². The van der Waals surface area contributed by atoms with Gasteiger partial charge in [-0.3, -0.25) is 24.9 Å². The second-order valence-electron chi connectivity index (χ2n) is 5.81. The van der Waals surface area contributed by atoms with Crippen LogP contribution in [0.2, 0.25) is 0 Å². The first-order valence-corrected chi connectivity index (χ1v) is 9.31. The molecule has 1 heterocycles. The van der Waals surface area contributed by atoms with Crippen molar-refractivity contribution in [2.75, 3.05) is 5.32 Å². The van der Waals surface area contributed by atoms with Crippen LogP contribution in [0.3, 0.4) is 0 Å². The van der Waals surface area contributed by atoms with Crippen LogP contribution in [0.15, 0.2) is 29.6 Å². The number of hydroxylamine groups is 1. The average molecular weight is 392 g/mol. The Bertz CT molecular complexity index is 808. The standard InChI is InChI=1S/C17H20N4O5S/c22-15(9-3-1-2-4-10-16(23)20-24)19-17-18-13(11-27-17)12-7-5-6-8-14(12)21(25)26/h5-8,11,24H,1-4,9-10H2,(H,20,23)(H,18,19,22). The summed E-state index contributed by atoms with van der Waals surface area (Å²) in [5.41, 5.74) is 2.40. The number of nitrogens with one attached hydrogen (secondary N) is 2. The zero-order valence-electron chi connectivity index (χ0n) is 14.5. The fourth-order valence-electron chi connectivity index (χ4n) is 2.47. The molecule has 2 amide bonds. The van der Waals surface area contributed by atoms with Gasteiger partial charge in [0.1, 0.15) is 0 Å². The number of para-hydroxylation sites is 1. The molecule has 0 bridgehead atoms. The number of nitrogens with zero attached hydrogens (tertiary/aromatic N) is 2. The number of anilines is 1. The number of rotatable bonds is 10. The summed E-state index contributed by atoms with van der Waals surface area (Å²) in [5, 5.41) is 24.2. The molecule has 1 aromatic heterocycles. The zero-order valence-corrected chi connectivity index (χ0v) is 15.3. The van der Waals surface area contributed by atoms with Crippen LogP contribution in [0.1, 0.15) is 38.5 Å². The lowest BCUT2D eigenvalue weighted by molar-refractivity contribution is -0.384. The summed E-state index contributed by atoms with van der Waals surface area (Å²) in [4.78, 5) is 37.7. The summed E-state index contributed by atoms with van der Waals surface area (Å²) in [6.07, 6.45) is 3.50. The Morgan fingerprint density at radius 2 is 1.78 bits per heavy atom. The van der Waals surface area contributed by atoms with Gasteiger partial charge in [-0.1, -0.05) is 25.0 Å². The van der Waals surface area contributed by atoms with Gasteiger partial charge in [0.2, 0.25) is 11.8 Å². The Balaban J connectivity index is 1.80. The Hall–Kier alpha value is -2.85. The van der Waals surface area contributed by atoms with E-state index in [1.807, 2.05) is 0 Å². The molecule has 0 atom stereocenters. The van der Waals surface area contributed by atoms with Crippen molar-refractivity contribution in [1.29, 1.82) is 0 Å². The van der Waals surface area contributed by atoms with Gasteiger partial charge in [-0.15, -0.1) is 11.3 Å². The van der Waals surface area contributed by atoms with Gasteiger partial charge in [-0.25, -0.2) is 10.5 Å². The van der Waals surface area contributed by atoms with Crippen LogP contribution in [-0.2, 0) is 9.59 Å². The fraction of sp³-hybridized carbons (Fsp3) is 0.353. The van der Waals surface area contributed by atoms with Crippen LogP contribution in [0.4, 0.5) is 10.8 Å². The Morgan fingerprint density at radius 1 is 1.11 bits per heavy atom. The number of hydrogen-bond donors (Lipinski definition) is 3. The maximum absolute atomic E-state index is 12.0. The van der Waals surface area contributed by atoms with Gasteiger partial charge < -0.3 is 5.32 Å². The lowest BCUT2D eigenvalue weighted by atomic mass is 10.1. The number of aromatic nitrogens is 1. The number of benzene rings is 1. The van der Waals surface area contributed by atoms with Crippen molar-refractivity contribution in [2.24, 2.45) is 0 Å². The maximum Gasteiger partial charge on any atom is 0.278 e. The van der Waals surface area contributed by atoms with Crippen LogP contribution in [0, 0.1) is 10.1 Å². The van der Waals surface area contributed by atoms with Crippen molar-refractivity contribution >= 4 is 34.0 Å². The Labute approximate surface area is 159 Å². The molecule has 1 aromatic carbocycles. The highest BCUT2D eigenvalue weighted by Crippen LogP contribution is 2.31. The molecule has 10 heteroatoms. The minimum absolute atomic E-state index is 0.0319. The van der Waals surface area contributed by atoms with Crippen LogP contribution < -0.4 is 10.8 Å². The summed E-state index contributed by atoms with van der Waals surface area (Å²) < 4.78 is 0. The average Bonchev–Trinajstić information content (AvgIpc) is 3.12. The largest absolute Gasteiger partial charge is 0.302 e. The van der Waals surface area contributed by atoms with Crippen molar-refractivity contribution in [3.05, 3.63) is 39.8 Å². The van der Waals surface area contributed by atoms with Gasteiger partial charge in [-0.05, 0) is 18.9 Å². The van der Waals surface area contributed by atoms with Gasteiger partial charge in [0.25, 0.3) is 5.69 Å². The van der Waals surface area contributed by atoms with Crippen LogP contribution >= 0.6 is 11.3 Å². The van der Waals surface area contributed by atoms with E-state index in [1.165, 1.54) is 17.4 Å². The first kappa shape index (κ1) is 20.5. The number of nitro groups is 1. The summed E-state index contributed by atoms with van der Waals surface area (Å²) in [5.74, 6) is -0.586. The SMILES string of the molecule is O=C(CCCCCCC(=O)Nc1nc(-c2ccccc2[N+](=O)[O-])cs1)NO. The van der Waals surface area contributed by atoms with E-state index in [2.05, 4.69) is 10.3 Å². The molecule has 0 radical (unpaired) electrons. The predicted octanol–water partition coefficient (Wildman–Crippen LogP) is 3.50. The highest BCUT2D eigenvalue weighted by molar-refractivity contribution is 7.14. The third kappa shape index (κ3) is 6.42. The van der Waals surface area contributed by atoms with Crippen molar-refractivity contribution < 1.29 is 19.7 Å². The van der Waals surface area contributed by atoms with E-state index in [1.54, 1.807) is 29.1 Å². The molecule has 0 saturated carbocycles. The quantitative estimate of drug-likeness (QED) is 0.245. The van der Waals surface area contributed by atoms with Crippen LogP contribution in [-0.4, -0.2) is 26.9 Å². The number of carbonyl (C=O) groups excluding carboxylic acids is 2. The highest BCUT2D eigenvalue weighted by Gasteiger charge is 2.17. The zero-order chi connectivity index (χ0) is 19.6. The molecule has 0 saturated heterocycles. The number of carbonyl (C=O) groups is 2. The molecule has 27 heavy (non-hydrogen) atoms. The summed E-state index contributed by atoms with van der Waals surface area (Å²) in [6.45, 7) is 0. The first-order chi connectivity index (χ1) is 13.0. The maximum atomic E-state index is 12.0. The van der Waals surface area contributed by atoms with E-state index in [4.69, 9.17) is 5.21 Å². The van der Waals surface area contributed by atoms with Gasteiger partial charge in [-0.2, -0.15) is 0 Å². The molecule has 2 rings (SSSR count). The summed E-state index contributed by atoms with van der Waals surface area (Å²) in [7, 11) is 0. The molecule has 0 unspecified atom stereocenters. The van der Waals surface area contributed by atoms with E-state index in [0.29, 0.717) is 35.7 Å². The third-order valence-corrected chi connectivity index (χ3v) is 4.57. The number of amides is 2. The molecular weight excluding hydrogens is 372 g/mol. The molecule has 9 nitrogen and oxygen atoms in total. The number of thiazole rings is 1. The monoisotopic (exact) mass is 392 g/mol. The normalized spacial score (nSPS) is 10.4. The molecule has 3 N–H and O–H groups in total. The van der Waals surface area contributed by atoms with Crippen molar-refractivity contribution in [3.63, 3.8) is 0 Å². The minimum atomic E-state index is -0.461. The number of unbranched alkanes of at least 4 members (excludes halogenated alkanes) is 3. The van der Waals surface area contributed by atoms with Crippen molar-refractivity contribution in [2.45, 2.75) is 38.5 Å². The Morgan fingerprint density at radius 3 is 2.44 bits per heavy atom. The van der Waals surface area contributed by atoms with E-state index in [0.717, 1.165) is 12.8 Å². The van der Waals surface area contributed by atoms with E-state index >= 15 is 0 Å². The van der Waals surface area contributed by atoms with Crippen molar-refractivity contribution in [3.8, 4) is 11.3 Å². The van der Waals surface area contributed by atoms with Gasteiger partial charge in [0, 0.05) is 24.3 Å². The summed E-state index contributed by atoms with van der Waals surface area (Å²) in [6, 6.07) is 6.32. The highest BCUT2D eigenvalue weighted by atomic mass is 32.1. The second kappa shape index (κ2) is 10.3.